The molecule has 0 spiro atoms. The number of aromatic nitrogens is 2. The molecule has 1 heterocycles. The van der Waals surface area contributed by atoms with Crippen LogP contribution in [-0.4, -0.2) is 37.7 Å². The summed E-state index contributed by atoms with van der Waals surface area (Å²) in [6, 6.07) is 12.2. The molecule has 3 rings (SSSR count). The van der Waals surface area contributed by atoms with E-state index in [1.165, 1.54) is 7.11 Å². The van der Waals surface area contributed by atoms with Crippen LogP contribution in [0.2, 0.25) is 0 Å². The first-order valence-corrected chi connectivity index (χ1v) is 12.0. The smallest absolute Gasteiger partial charge is 0.270 e. The average Bonchev–Trinajstić information content (AvgIpc) is 3.22. The maximum absolute atomic E-state index is 12.6. The molecule has 1 amide bonds. The number of aryl methyl sites for hydroxylation is 1. The van der Waals surface area contributed by atoms with Gasteiger partial charge in [-0.3, -0.25) is 10.1 Å². The van der Waals surface area contributed by atoms with Crippen molar-refractivity contribution >= 4 is 32.4 Å². The van der Waals surface area contributed by atoms with Gasteiger partial charge < -0.3 is 9.47 Å². The van der Waals surface area contributed by atoms with Crippen LogP contribution < -0.4 is 19.5 Å². The fraction of sp³-hybridized carbons (Fsp3) is 0.286. The summed E-state index contributed by atoms with van der Waals surface area (Å²) < 4.78 is 38.5. The first kappa shape index (κ1) is 23.6. The van der Waals surface area contributed by atoms with Crippen LogP contribution in [0.3, 0.4) is 0 Å². The van der Waals surface area contributed by atoms with Crippen molar-refractivity contribution in [3.63, 3.8) is 0 Å². The SMILES string of the molecule is COc1cc(CNS(=O)(=O)c2nnc(NC(=O)c3ccccc3C)s2)ccc1OC(C)C. The van der Waals surface area contributed by atoms with Gasteiger partial charge in [0.15, 0.2) is 11.5 Å². The van der Waals surface area contributed by atoms with Gasteiger partial charge in [0.05, 0.1) is 13.2 Å². The molecule has 32 heavy (non-hydrogen) atoms. The number of hydrogen-bond acceptors (Lipinski definition) is 8. The molecule has 0 aliphatic carbocycles. The van der Waals surface area contributed by atoms with E-state index < -0.39 is 10.0 Å². The first-order chi connectivity index (χ1) is 15.2. The first-order valence-electron chi connectivity index (χ1n) is 9.73. The zero-order valence-electron chi connectivity index (χ0n) is 18.1. The van der Waals surface area contributed by atoms with E-state index in [0.717, 1.165) is 16.9 Å². The molecular weight excluding hydrogens is 452 g/mol. The number of amides is 1. The Morgan fingerprint density at radius 1 is 1.12 bits per heavy atom. The number of nitrogens with one attached hydrogen (secondary N) is 2. The monoisotopic (exact) mass is 476 g/mol. The number of benzene rings is 2. The average molecular weight is 477 g/mol. The van der Waals surface area contributed by atoms with E-state index in [0.29, 0.717) is 22.6 Å². The van der Waals surface area contributed by atoms with Crippen molar-refractivity contribution in [2.75, 3.05) is 12.4 Å². The lowest BCUT2D eigenvalue weighted by atomic mass is 10.1. The second kappa shape index (κ2) is 10.1. The molecule has 11 heteroatoms. The van der Waals surface area contributed by atoms with Crippen molar-refractivity contribution in [2.24, 2.45) is 0 Å². The summed E-state index contributed by atoms with van der Waals surface area (Å²) >= 11 is 0.771. The largest absolute Gasteiger partial charge is 0.493 e. The van der Waals surface area contributed by atoms with Gasteiger partial charge in [0.2, 0.25) is 9.47 Å². The van der Waals surface area contributed by atoms with Gasteiger partial charge in [0.25, 0.3) is 15.9 Å². The molecule has 170 valence electrons. The second-order valence-corrected chi connectivity index (χ2v) is 10.0. The molecule has 0 radical (unpaired) electrons. The topological polar surface area (TPSA) is 120 Å². The number of carbonyl (C=O) groups is 1. The Balaban J connectivity index is 1.67. The van der Waals surface area contributed by atoms with Crippen molar-refractivity contribution < 1.29 is 22.7 Å². The number of anilines is 1. The highest BCUT2D eigenvalue weighted by Crippen LogP contribution is 2.29. The molecule has 0 aliphatic heterocycles. The fourth-order valence-corrected chi connectivity index (χ4v) is 4.73. The van der Waals surface area contributed by atoms with E-state index in [9.17, 15) is 13.2 Å². The van der Waals surface area contributed by atoms with Gasteiger partial charge in [-0.25, -0.2) is 13.1 Å². The number of rotatable bonds is 9. The Bertz CT molecular complexity index is 1210. The molecule has 0 saturated heterocycles. The van der Waals surface area contributed by atoms with E-state index in [1.54, 1.807) is 30.3 Å². The number of ether oxygens (including phenoxy) is 2. The van der Waals surface area contributed by atoms with Gasteiger partial charge in [-0.15, -0.1) is 10.2 Å². The minimum absolute atomic E-state index is 0.0190. The zero-order chi connectivity index (χ0) is 23.3. The van der Waals surface area contributed by atoms with Crippen LogP contribution in [0.15, 0.2) is 46.8 Å². The van der Waals surface area contributed by atoms with Gasteiger partial charge in [-0.2, -0.15) is 0 Å². The molecule has 0 atom stereocenters. The number of nitrogens with zero attached hydrogens (tertiary/aromatic N) is 2. The van der Waals surface area contributed by atoms with Gasteiger partial charge >= 0.3 is 0 Å². The maximum atomic E-state index is 12.6. The Labute approximate surface area is 190 Å². The van der Waals surface area contributed by atoms with E-state index in [-0.39, 0.29) is 28.0 Å². The molecule has 3 aromatic rings. The Morgan fingerprint density at radius 2 is 1.88 bits per heavy atom. The predicted molar refractivity (Wildman–Crippen MR) is 122 cm³/mol. The van der Waals surface area contributed by atoms with E-state index in [4.69, 9.17) is 9.47 Å². The lowest BCUT2D eigenvalue weighted by Gasteiger charge is -2.14. The van der Waals surface area contributed by atoms with Gasteiger partial charge in [0.1, 0.15) is 0 Å². The Kier molecular flexibility index (Phi) is 7.44. The maximum Gasteiger partial charge on any atom is 0.270 e. The highest BCUT2D eigenvalue weighted by Gasteiger charge is 2.21. The van der Waals surface area contributed by atoms with Crippen molar-refractivity contribution in [1.29, 1.82) is 0 Å². The quantitative estimate of drug-likeness (QED) is 0.454. The van der Waals surface area contributed by atoms with Gasteiger partial charge in [-0.05, 0) is 50.1 Å². The van der Waals surface area contributed by atoms with E-state index in [1.807, 2.05) is 32.9 Å². The summed E-state index contributed by atoms with van der Waals surface area (Å²) in [7, 11) is -2.41. The molecule has 2 aromatic carbocycles. The molecule has 1 aromatic heterocycles. The minimum atomic E-state index is -3.92. The summed E-state index contributed by atoms with van der Waals surface area (Å²) in [4.78, 5) is 12.4. The second-order valence-electron chi connectivity index (χ2n) is 7.12. The molecule has 9 nitrogen and oxygen atoms in total. The van der Waals surface area contributed by atoms with Crippen LogP contribution in [0.5, 0.6) is 11.5 Å². The standard InChI is InChI=1S/C21H24N4O5S2/c1-13(2)30-17-10-9-15(11-18(17)29-4)12-22-32(27,28)21-25-24-20(31-21)23-19(26)16-8-6-5-7-14(16)3/h5-11,13,22H,12H2,1-4H3,(H,23,24,26). The van der Waals surface area contributed by atoms with Crippen molar-refractivity contribution in [2.45, 2.75) is 37.8 Å². The molecule has 0 unspecified atom stereocenters. The lowest BCUT2D eigenvalue weighted by molar-refractivity contribution is 0.102. The summed E-state index contributed by atoms with van der Waals surface area (Å²) in [6.07, 6.45) is -0.0221. The van der Waals surface area contributed by atoms with Gasteiger partial charge in [-0.1, -0.05) is 35.6 Å². The number of hydrogen-bond donors (Lipinski definition) is 2. The third-order valence-electron chi connectivity index (χ3n) is 4.30. The van der Waals surface area contributed by atoms with Crippen molar-refractivity contribution in [3.05, 3.63) is 59.2 Å². The summed E-state index contributed by atoms with van der Waals surface area (Å²) in [6.45, 7) is 5.64. The summed E-state index contributed by atoms with van der Waals surface area (Å²) in [5, 5.41) is 10.2. The lowest BCUT2D eigenvalue weighted by Crippen LogP contribution is -2.23. The summed E-state index contributed by atoms with van der Waals surface area (Å²) in [5.41, 5.74) is 1.95. The van der Waals surface area contributed by atoms with E-state index >= 15 is 0 Å². The number of carbonyl (C=O) groups excluding carboxylic acids is 1. The molecule has 0 aliphatic rings. The van der Waals surface area contributed by atoms with E-state index in [2.05, 4.69) is 20.2 Å². The fourth-order valence-electron chi connectivity index (χ4n) is 2.77. The minimum Gasteiger partial charge on any atom is -0.493 e. The number of sulfonamides is 1. The van der Waals surface area contributed by atoms with Gasteiger partial charge in [0, 0.05) is 12.1 Å². The third-order valence-corrected chi connectivity index (χ3v) is 6.91. The van der Waals surface area contributed by atoms with Crippen LogP contribution in [0.25, 0.3) is 0 Å². The van der Waals surface area contributed by atoms with Crippen LogP contribution in [0.4, 0.5) is 5.13 Å². The highest BCUT2D eigenvalue weighted by molar-refractivity contribution is 7.91. The van der Waals surface area contributed by atoms with Crippen molar-refractivity contribution in [1.82, 2.24) is 14.9 Å². The summed E-state index contributed by atoms with van der Waals surface area (Å²) in [5.74, 6) is 0.701. The molecule has 0 bridgehead atoms. The molecule has 2 N–H and O–H groups in total. The van der Waals surface area contributed by atoms with Crippen molar-refractivity contribution in [3.8, 4) is 11.5 Å². The van der Waals surface area contributed by atoms with Crippen LogP contribution in [0.1, 0.15) is 35.3 Å². The van der Waals surface area contributed by atoms with Crippen LogP contribution in [-0.2, 0) is 16.6 Å². The van der Waals surface area contributed by atoms with Crippen LogP contribution >= 0.6 is 11.3 Å². The molecule has 0 fully saturated rings. The normalized spacial score (nSPS) is 11.4. The highest BCUT2D eigenvalue weighted by atomic mass is 32.2. The Morgan fingerprint density at radius 3 is 2.56 bits per heavy atom. The Hall–Kier alpha value is -3.02. The predicted octanol–water partition coefficient (Wildman–Crippen LogP) is 3.37. The molecular formula is C21H24N4O5S2. The third kappa shape index (κ3) is 5.81. The number of methoxy groups -OCH3 is 1. The molecule has 0 saturated carbocycles. The zero-order valence-corrected chi connectivity index (χ0v) is 19.7. The van der Waals surface area contributed by atoms with Crippen LogP contribution in [0, 0.1) is 6.92 Å².